The molecule has 0 unspecified atom stereocenters. The van der Waals surface area contributed by atoms with Crippen LogP contribution in [-0.2, 0) is 6.61 Å². The molecule has 3 rings (SSSR count). The van der Waals surface area contributed by atoms with Crippen molar-refractivity contribution in [3.63, 3.8) is 0 Å². The van der Waals surface area contributed by atoms with Crippen molar-refractivity contribution in [3.05, 3.63) is 48.7 Å². The molecule has 0 saturated heterocycles. The van der Waals surface area contributed by atoms with E-state index in [-0.39, 0.29) is 0 Å². The number of rotatable bonds is 4. The fourth-order valence-corrected chi connectivity index (χ4v) is 2.19. The highest BCUT2D eigenvalue weighted by Crippen LogP contribution is 2.21. The number of benzene rings is 1. The smallest absolute Gasteiger partial charge is 0.130 e. The van der Waals surface area contributed by atoms with Crippen molar-refractivity contribution in [3.8, 4) is 5.75 Å². The van der Waals surface area contributed by atoms with Crippen molar-refractivity contribution in [2.24, 2.45) is 0 Å². The molecule has 4 nitrogen and oxygen atoms in total. The molecular formula is C15H17N3O. The van der Waals surface area contributed by atoms with Gasteiger partial charge in [-0.1, -0.05) is 0 Å². The second kappa shape index (κ2) is 4.80. The summed E-state index contributed by atoms with van der Waals surface area (Å²) in [6.45, 7) is 4.81. The summed E-state index contributed by atoms with van der Waals surface area (Å²) < 4.78 is 7.96. The number of hydrogen-bond acceptors (Lipinski definition) is 2. The quantitative estimate of drug-likeness (QED) is 0.775. The molecule has 0 spiro atoms. The lowest BCUT2D eigenvalue weighted by Crippen LogP contribution is -2.07. The number of hydrogen-bond donors (Lipinski definition) is 1. The Hall–Kier alpha value is -2.23. The molecule has 1 aromatic carbocycles. The van der Waals surface area contributed by atoms with Crippen LogP contribution in [0.15, 0.2) is 43.0 Å². The maximum atomic E-state index is 5.84. The van der Waals surface area contributed by atoms with Crippen LogP contribution >= 0.6 is 0 Å². The number of aromatic nitrogens is 3. The van der Waals surface area contributed by atoms with Crippen molar-refractivity contribution in [1.29, 1.82) is 0 Å². The number of imidazole rings is 1. The molecule has 0 fully saturated rings. The summed E-state index contributed by atoms with van der Waals surface area (Å²) in [5.41, 5.74) is 2.21. The summed E-state index contributed by atoms with van der Waals surface area (Å²) in [5.74, 6) is 0.878. The van der Waals surface area contributed by atoms with Crippen LogP contribution in [0.2, 0.25) is 0 Å². The van der Waals surface area contributed by atoms with E-state index in [1.54, 1.807) is 0 Å². The Morgan fingerprint density at radius 2 is 2.21 bits per heavy atom. The van der Waals surface area contributed by atoms with Crippen LogP contribution in [0.5, 0.6) is 5.75 Å². The largest absolute Gasteiger partial charge is 0.487 e. The normalized spacial score (nSPS) is 11.3. The number of nitrogens with zero attached hydrogens (tertiary/aromatic N) is 2. The lowest BCUT2D eigenvalue weighted by atomic mass is 10.2. The van der Waals surface area contributed by atoms with Crippen LogP contribution in [0, 0.1) is 0 Å². The van der Waals surface area contributed by atoms with E-state index in [4.69, 9.17) is 4.74 Å². The summed E-state index contributed by atoms with van der Waals surface area (Å²) in [4.78, 5) is 7.35. The highest BCUT2D eigenvalue weighted by molar-refractivity contribution is 5.80. The third-order valence-electron chi connectivity index (χ3n) is 3.21. The zero-order valence-corrected chi connectivity index (χ0v) is 11.1. The molecule has 4 heteroatoms. The molecule has 0 radical (unpaired) electrons. The molecule has 3 aromatic rings. The second-order valence-electron chi connectivity index (χ2n) is 4.90. The van der Waals surface area contributed by atoms with Crippen molar-refractivity contribution < 1.29 is 4.74 Å². The number of H-pyrrole nitrogens is 1. The first-order valence-electron chi connectivity index (χ1n) is 6.44. The van der Waals surface area contributed by atoms with Crippen molar-refractivity contribution in [2.45, 2.75) is 26.5 Å². The summed E-state index contributed by atoms with van der Waals surface area (Å²) in [6, 6.07) is 8.50. The molecule has 0 saturated carbocycles. The average Bonchev–Trinajstić information content (AvgIpc) is 3.04. The van der Waals surface area contributed by atoms with Gasteiger partial charge in [0, 0.05) is 23.1 Å². The molecule has 0 aliphatic heterocycles. The first-order valence-corrected chi connectivity index (χ1v) is 6.44. The molecule has 19 heavy (non-hydrogen) atoms. The minimum absolute atomic E-state index is 0.397. The van der Waals surface area contributed by atoms with Gasteiger partial charge in [0.25, 0.3) is 0 Å². The van der Waals surface area contributed by atoms with Gasteiger partial charge in [-0.25, -0.2) is 4.98 Å². The molecule has 0 aliphatic carbocycles. The van der Waals surface area contributed by atoms with Gasteiger partial charge < -0.3 is 14.3 Å². The fourth-order valence-electron chi connectivity index (χ4n) is 2.19. The van der Waals surface area contributed by atoms with Gasteiger partial charge in [0.05, 0.1) is 18.2 Å². The highest BCUT2D eigenvalue weighted by Gasteiger charge is 2.06. The summed E-state index contributed by atoms with van der Waals surface area (Å²) in [7, 11) is 0. The summed E-state index contributed by atoms with van der Waals surface area (Å²) in [5, 5.41) is 1.16. The van der Waals surface area contributed by atoms with Gasteiger partial charge in [-0.3, -0.25) is 0 Å². The Kier molecular flexibility index (Phi) is 2.99. The van der Waals surface area contributed by atoms with Gasteiger partial charge in [-0.05, 0) is 38.1 Å². The topological polar surface area (TPSA) is 42.8 Å². The van der Waals surface area contributed by atoms with Gasteiger partial charge in [-0.2, -0.15) is 0 Å². The Balaban J connectivity index is 1.76. The minimum Gasteiger partial charge on any atom is -0.487 e. The first-order chi connectivity index (χ1) is 9.24. The molecule has 0 bridgehead atoms. The Morgan fingerprint density at radius 1 is 1.32 bits per heavy atom. The molecule has 0 atom stereocenters. The maximum absolute atomic E-state index is 5.84. The van der Waals surface area contributed by atoms with Crippen LogP contribution in [0.1, 0.15) is 25.6 Å². The highest BCUT2D eigenvalue weighted by atomic mass is 16.5. The van der Waals surface area contributed by atoms with E-state index >= 15 is 0 Å². The van der Waals surface area contributed by atoms with Gasteiger partial charge in [-0.15, -0.1) is 0 Å². The van der Waals surface area contributed by atoms with Crippen LogP contribution in [0.3, 0.4) is 0 Å². The Morgan fingerprint density at radius 3 is 3.05 bits per heavy atom. The predicted molar refractivity (Wildman–Crippen MR) is 75.2 cm³/mol. The zero-order chi connectivity index (χ0) is 13.2. The monoisotopic (exact) mass is 255 g/mol. The van der Waals surface area contributed by atoms with Crippen LogP contribution in [0.25, 0.3) is 10.9 Å². The van der Waals surface area contributed by atoms with E-state index in [2.05, 4.69) is 28.4 Å². The van der Waals surface area contributed by atoms with Gasteiger partial charge in [0.15, 0.2) is 0 Å². The number of fused-ring (bicyclic) bond motifs is 1. The Bertz CT molecular complexity index is 681. The number of nitrogens with one attached hydrogen (secondary N) is 1. The zero-order valence-electron chi connectivity index (χ0n) is 11.1. The summed E-state index contributed by atoms with van der Waals surface area (Å²) in [6.07, 6.45) is 5.63. The fraction of sp³-hybridized carbons (Fsp3) is 0.267. The van der Waals surface area contributed by atoms with Crippen LogP contribution < -0.4 is 4.74 Å². The third kappa shape index (κ3) is 2.34. The minimum atomic E-state index is 0.397. The maximum Gasteiger partial charge on any atom is 0.130 e. The lowest BCUT2D eigenvalue weighted by Gasteiger charge is -2.12. The van der Waals surface area contributed by atoms with E-state index in [0.717, 1.165) is 22.3 Å². The molecule has 1 N–H and O–H groups in total. The number of ether oxygens (including phenoxy) is 1. The van der Waals surface area contributed by atoms with Crippen molar-refractivity contribution in [1.82, 2.24) is 14.5 Å². The molecular weight excluding hydrogens is 238 g/mol. The predicted octanol–water partition coefficient (Wildman–Crippen LogP) is 3.52. The van der Waals surface area contributed by atoms with Crippen LogP contribution in [0.4, 0.5) is 0 Å². The molecule has 98 valence electrons. The van der Waals surface area contributed by atoms with Gasteiger partial charge in [0.2, 0.25) is 0 Å². The molecule has 0 amide bonds. The lowest BCUT2D eigenvalue weighted by molar-refractivity contribution is 0.292. The molecule has 2 heterocycles. The Labute approximate surface area is 112 Å². The van der Waals surface area contributed by atoms with Crippen LogP contribution in [-0.4, -0.2) is 14.5 Å². The second-order valence-corrected chi connectivity index (χ2v) is 4.90. The van der Waals surface area contributed by atoms with Crippen molar-refractivity contribution >= 4 is 10.9 Å². The summed E-state index contributed by atoms with van der Waals surface area (Å²) >= 11 is 0. The van der Waals surface area contributed by atoms with E-state index in [9.17, 15) is 0 Å². The average molecular weight is 255 g/mol. The van der Waals surface area contributed by atoms with Crippen molar-refractivity contribution in [2.75, 3.05) is 0 Å². The van der Waals surface area contributed by atoms with Gasteiger partial charge in [0.1, 0.15) is 12.4 Å². The molecule has 0 aliphatic rings. The van der Waals surface area contributed by atoms with E-state index < -0.39 is 0 Å². The molecule has 2 aromatic heterocycles. The number of aromatic amines is 1. The van der Waals surface area contributed by atoms with E-state index in [0.29, 0.717) is 12.6 Å². The SMILES string of the molecule is CC(C)n1cncc1COc1ccc2[nH]ccc2c1. The standard InChI is InChI=1S/C15H17N3O/c1-11(2)18-10-16-8-13(18)9-19-14-3-4-15-12(7-14)5-6-17-15/h3-8,10-11,17H,9H2,1-2H3. The van der Waals surface area contributed by atoms with E-state index in [1.165, 1.54) is 0 Å². The van der Waals surface area contributed by atoms with E-state index in [1.807, 2.05) is 43.0 Å². The first kappa shape index (κ1) is 11.8. The third-order valence-corrected chi connectivity index (χ3v) is 3.21. The van der Waals surface area contributed by atoms with Gasteiger partial charge >= 0.3 is 0 Å².